The maximum Gasteiger partial charge on any atom is 0.354 e. The Hall–Kier alpha value is -1.36. The van der Waals surface area contributed by atoms with Gasteiger partial charge in [0.15, 0.2) is 0 Å². The van der Waals surface area contributed by atoms with E-state index in [9.17, 15) is 4.79 Å². The van der Waals surface area contributed by atoms with Gasteiger partial charge in [0.2, 0.25) is 0 Å². The lowest BCUT2D eigenvalue weighted by atomic mass is 10.0. The molecule has 1 atom stereocenters. The van der Waals surface area contributed by atoms with Crippen molar-refractivity contribution in [3.63, 3.8) is 0 Å². The summed E-state index contributed by atoms with van der Waals surface area (Å²) in [6.45, 7) is 2.21. The summed E-state index contributed by atoms with van der Waals surface area (Å²) in [6.07, 6.45) is 2.06. The molecule has 1 aliphatic rings. The molecule has 1 fully saturated rings. The lowest BCUT2D eigenvalue weighted by Gasteiger charge is -2.07. The van der Waals surface area contributed by atoms with Crippen molar-refractivity contribution >= 4 is 5.97 Å². The molecule has 0 radical (unpaired) electrons. The number of aryl methyl sites for hydroxylation is 1. The zero-order valence-electron chi connectivity index (χ0n) is 9.68. The van der Waals surface area contributed by atoms with Crippen molar-refractivity contribution in [1.29, 1.82) is 0 Å². The highest BCUT2D eigenvalue weighted by atomic mass is 16.4. The molecule has 5 nitrogen and oxygen atoms in total. The zero-order valence-corrected chi connectivity index (χ0v) is 9.68. The minimum absolute atomic E-state index is 0.265. The van der Waals surface area contributed by atoms with Crippen LogP contribution in [-0.4, -0.2) is 45.9 Å². The lowest BCUT2D eigenvalue weighted by Crippen LogP contribution is -2.15. The van der Waals surface area contributed by atoms with Gasteiger partial charge in [-0.1, -0.05) is 0 Å². The van der Waals surface area contributed by atoms with E-state index in [1.807, 2.05) is 0 Å². The minimum atomic E-state index is -0.912. The second-order valence-electron chi connectivity index (χ2n) is 4.57. The van der Waals surface area contributed by atoms with Crippen LogP contribution in [0.2, 0.25) is 0 Å². The number of hydrogen-bond acceptors (Lipinski definition) is 3. The summed E-state index contributed by atoms with van der Waals surface area (Å²) in [7, 11) is 3.79. The standard InChI is InChI=1S/C11H17N3O2/c1-13-4-3-8(7-13)5-9-6-10(11(15)16)14(2)12-9/h6,8H,3-5,7H2,1-2H3,(H,15,16). The molecule has 16 heavy (non-hydrogen) atoms. The van der Waals surface area contributed by atoms with Crippen LogP contribution in [0.4, 0.5) is 0 Å². The highest BCUT2D eigenvalue weighted by molar-refractivity contribution is 5.85. The Bertz CT molecular complexity index is 400. The molecule has 0 spiro atoms. The summed E-state index contributed by atoms with van der Waals surface area (Å²) in [5.74, 6) is -0.300. The summed E-state index contributed by atoms with van der Waals surface area (Å²) in [5, 5.41) is 13.2. The van der Waals surface area contributed by atoms with Crippen LogP contribution in [0.5, 0.6) is 0 Å². The number of nitrogens with zero attached hydrogens (tertiary/aromatic N) is 3. The van der Waals surface area contributed by atoms with Gasteiger partial charge in [0.1, 0.15) is 5.69 Å². The molecule has 5 heteroatoms. The van der Waals surface area contributed by atoms with Gasteiger partial charge in [-0.05, 0) is 38.4 Å². The molecule has 1 N–H and O–H groups in total. The molecule has 0 bridgehead atoms. The molecule has 1 aromatic heterocycles. The van der Waals surface area contributed by atoms with E-state index < -0.39 is 5.97 Å². The Kier molecular flexibility index (Phi) is 2.96. The van der Waals surface area contributed by atoms with Crippen molar-refractivity contribution in [2.24, 2.45) is 13.0 Å². The zero-order chi connectivity index (χ0) is 11.7. The van der Waals surface area contributed by atoms with Crippen LogP contribution in [0.25, 0.3) is 0 Å². The third-order valence-corrected chi connectivity index (χ3v) is 3.14. The van der Waals surface area contributed by atoms with Crippen molar-refractivity contribution in [2.75, 3.05) is 20.1 Å². The Labute approximate surface area is 94.7 Å². The molecule has 0 saturated carbocycles. The van der Waals surface area contributed by atoms with Crippen LogP contribution in [0.1, 0.15) is 22.6 Å². The number of carboxylic acid groups (broad SMARTS) is 1. The van der Waals surface area contributed by atoms with E-state index in [1.54, 1.807) is 13.1 Å². The van der Waals surface area contributed by atoms with Crippen LogP contribution < -0.4 is 0 Å². The first kappa shape index (κ1) is 11.1. The van der Waals surface area contributed by atoms with Gasteiger partial charge in [-0.2, -0.15) is 5.10 Å². The number of carboxylic acids is 1. The van der Waals surface area contributed by atoms with E-state index in [2.05, 4.69) is 17.0 Å². The molecule has 1 aromatic rings. The number of likely N-dealkylation sites (tertiary alicyclic amines) is 1. The van der Waals surface area contributed by atoms with Crippen molar-refractivity contribution < 1.29 is 9.90 Å². The fraction of sp³-hybridized carbons (Fsp3) is 0.636. The van der Waals surface area contributed by atoms with Crippen LogP contribution in [0, 0.1) is 5.92 Å². The Balaban J connectivity index is 2.05. The minimum Gasteiger partial charge on any atom is -0.477 e. The van der Waals surface area contributed by atoms with Crippen LogP contribution in [0.3, 0.4) is 0 Å². The van der Waals surface area contributed by atoms with Crippen LogP contribution >= 0.6 is 0 Å². The van der Waals surface area contributed by atoms with E-state index in [1.165, 1.54) is 11.1 Å². The SMILES string of the molecule is CN1CCC(Cc2cc(C(=O)O)n(C)n2)C1. The molecule has 88 valence electrons. The Morgan fingerprint density at radius 3 is 2.88 bits per heavy atom. The normalized spacial score (nSPS) is 21.5. The molecule has 1 saturated heterocycles. The summed E-state index contributed by atoms with van der Waals surface area (Å²) < 4.78 is 1.44. The summed E-state index contributed by atoms with van der Waals surface area (Å²) in [6, 6.07) is 1.68. The van der Waals surface area contributed by atoms with E-state index in [4.69, 9.17) is 5.11 Å². The van der Waals surface area contributed by atoms with E-state index in [0.717, 1.165) is 25.2 Å². The molecule has 2 rings (SSSR count). The van der Waals surface area contributed by atoms with Gasteiger partial charge in [0, 0.05) is 13.6 Å². The Morgan fingerprint density at radius 1 is 1.62 bits per heavy atom. The number of hydrogen-bond donors (Lipinski definition) is 1. The van der Waals surface area contributed by atoms with Gasteiger partial charge in [-0.15, -0.1) is 0 Å². The van der Waals surface area contributed by atoms with Crippen molar-refractivity contribution in [3.05, 3.63) is 17.5 Å². The summed E-state index contributed by atoms with van der Waals surface area (Å²) in [5.41, 5.74) is 1.15. The van der Waals surface area contributed by atoms with Crippen LogP contribution in [-0.2, 0) is 13.5 Å². The van der Waals surface area contributed by atoms with Crippen molar-refractivity contribution in [1.82, 2.24) is 14.7 Å². The first-order valence-corrected chi connectivity index (χ1v) is 5.51. The van der Waals surface area contributed by atoms with Crippen molar-refractivity contribution in [3.8, 4) is 0 Å². The van der Waals surface area contributed by atoms with Gasteiger partial charge >= 0.3 is 5.97 Å². The second-order valence-corrected chi connectivity index (χ2v) is 4.57. The smallest absolute Gasteiger partial charge is 0.354 e. The summed E-state index contributed by atoms with van der Waals surface area (Å²) >= 11 is 0. The van der Waals surface area contributed by atoms with Crippen molar-refractivity contribution in [2.45, 2.75) is 12.8 Å². The highest BCUT2D eigenvalue weighted by Gasteiger charge is 2.21. The van der Waals surface area contributed by atoms with E-state index in [0.29, 0.717) is 5.92 Å². The predicted molar refractivity (Wildman–Crippen MR) is 59.5 cm³/mol. The third-order valence-electron chi connectivity index (χ3n) is 3.14. The highest BCUT2D eigenvalue weighted by Crippen LogP contribution is 2.19. The maximum absolute atomic E-state index is 10.9. The van der Waals surface area contributed by atoms with E-state index in [-0.39, 0.29) is 5.69 Å². The van der Waals surface area contributed by atoms with E-state index >= 15 is 0 Å². The van der Waals surface area contributed by atoms with Gasteiger partial charge in [0.05, 0.1) is 5.69 Å². The molecule has 0 aromatic carbocycles. The maximum atomic E-state index is 10.9. The molecular formula is C11H17N3O2. The molecule has 0 aliphatic carbocycles. The monoisotopic (exact) mass is 223 g/mol. The average Bonchev–Trinajstić information content (AvgIpc) is 2.73. The fourth-order valence-electron chi connectivity index (χ4n) is 2.32. The topological polar surface area (TPSA) is 58.4 Å². The molecule has 1 unspecified atom stereocenters. The third kappa shape index (κ3) is 2.24. The lowest BCUT2D eigenvalue weighted by molar-refractivity contribution is 0.0685. The fourth-order valence-corrected chi connectivity index (χ4v) is 2.32. The molecular weight excluding hydrogens is 206 g/mol. The van der Waals surface area contributed by atoms with Gasteiger partial charge in [-0.25, -0.2) is 4.79 Å². The molecule has 1 aliphatic heterocycles. The largest absolute Gasteiger partial charge is 0.477 e. The predicted octanol–water partition coefficient (Wildman–Crippen LogP) is 0.612. The molecule has 0 amide bonds. The molecule has 2 heterocycles. The number of aromatic carboxylic acids is 1. The van der Waals surface area contributed by atoms with Crippen LogP contribution in [0.15, 0.2) is 6.07 Å². The Morgan fingerprint density at radius 2 is 2.38 bits per heavy atom. The van der Waals surface area contributed by atoms with Gasteiger partial charge in [0.25, 0.3) is 0 Å². The van der Waals surface area contributed by atoms with Gasteiger partial charge < -0.3 is 10.0 Å². The first-order chi connectivity index (χ1) is 7.56. The summed E-state index contributed by atoms with van der Waals surface area (Å²) in [4.78, 5) is 13.2. The number of rotatable bonds is 3. The number of carbonyl (C=O) groups is 1. The van der Waals surface area contributed by atoms with Gasteiger partial charge in [-0.3, -0.25) is 4.68 Å². The number of aromatic nitrogens is 2. The first-order valence-electron chi connectivity index (χ1n) is 5.51. The second kappa shape index (κ2) is 4.25. The average molecular weight is 223 g/mol. The quantitative estimate of drug-likeness (QED) is 0.815.